The molecule has 2 atom stereocenters. The number of carbonyl (C=O) groups is 2. The van der Waals surface area contributed by atoms with Crippen LogP contribution in [0.15, 0.2) is 30.3 Å². The molecule has 0 unspecified atom stereocenters. The van der Waals surface area contributed by atoms with E-state index in [2.05, 4.69) is 0 Å². The Hall–Kier alpha value is -1.88. The van der Waals surface area contributed by atoms with Crippen LogP contribution in [0.2, 0.25) is 0 Å². The van der Waals surface area contributed by atoms with E-state index in [0.717, 1.165) is 5.56 Å². The molecule has 24 heavy (non-hydrogen) atoms. The summed E-state index contributed by atoms with van der Waals surface area (Å²) >= 11 is 0. The number of carbonyl (C=O) groups excluding carboxylic acids is 2. The summed E-state index contributed by atoms with van der Waals surface area (Å²) in [5.74, 6) is -1.79. The van der Waals surface area contributed by atoms with E-state index in [-0.39, 0.29) is 5.92 Å². The Bertz CT molecular complexity index is 548. The van der Waals surface area contributed by atoms with Gasteiger partial charge in [-0.25, -0.2) is 9.86 Å². The van der Waals surface area contributed by atoms with Gasteiger partial charge in [-0.2, -0.15) is 0 Å². The molecule has 0 bridgehead atoms. The molecule has 0 heterocycles. The summed E-state index contributed by atoms with van der Waals surface area (Å²) in [7, 11) is 0. The molecule has 134 valence electrons. The molecule has 0 saturated heterocycles. The Kier molecular flexibility index (Phi) is 6.96. The molecule has 1 N–H and O–H groups in total. The molecule has 1 amide bonds. The summed E-state index contributed by atoms with van der Waals surface area (Å²) in [6, 6.07) is 8.56. The minimum Gasteiger partial charge on any atom is -0.458 e. The minimum atomic E-state index is -1.02. The van der Waals surface area contributed by atoms with E-state index in [1.165, 1.54) is 0 Å². The number of hydrogen-bond donors (Lipinski definition) is 1. The zero-order valence-corrected chi connectivity index (χ0v) is 15.4. The van der Waals surface area contributed by atoms with Gasteiger partial charge in [0.2, 0.25) is 5.91 Å². The first kappa shape index (κ1) is 20.2. The zero-order valence-electron chi connectivity index (χ0n) is 15.4. The summed E-state index contributed by atoms with van der Waals surface area (Å²) in [5.41, 5.74) is 0.328. The molecule has 0 spiro atoms. The maximum atomic E-state index is 12.5. The molecule has 1 aromatic rings. The third-order valence-electron chi connectivity index (χ3n) is 3.58. The van der Waals surface area contributed by atoms with Crippen LogP contribution in [0, 0.1) is 11.8 Å². The van der Waals surface area contributed by atoms with Gasteiger partial charge in [0.1, 0.15) is 5.60 Å². The molecule has 0 aliphatic rings. The van der Waals surface area contributed by atoms with E-state index >= 15 is 0 Å². The summed E-state index contributed by atoms with van der Waals surface area (Å²) in [6.07, 6.45) is 0.496. The van der Waals surface area contributed by atoms with Crippen molar-refractivity contribution in [2.45, 2.75) is 59.6 Å². The molecule has 5 heteroatoms. The standard InChI is InChI=1S/C19H29NO4/c1-13(2)16(18(22)24-19(4,5)6)20(23)17(21)14(3)12-15-10-8-7-9-11-15/h7-11,13-14,16,23H,12H2,1-6H3/t14-,16-/m0/s1. The molecule has 0 aliphatic heterocycles. The SMILES string of the molecule is CC(C)[C@@H](C(=O)OC(C)(C)C)N(O)C(=O)[C@@H](C)Cc1ccccc1. The number of ether oxygens (including phenoxy) is 1. The monoisotopic (exact) mass is 335 g/mol. The first-order valence-electron chi connectivity index (χ1n) is 8.31. The van der Waals surface area contributed by atoms with Gasteiger partial charge in [0.15, 0.2) is 6.04 Å². The van der Waals surface area contributed by atoms with Crippen molar-refractivity contribution in [1.82, 2.24) is 5.06 Å². The molecular weight excluding hydrogens is 306 g/mol. The van der Waals surface area contributed by atoms with Gasteiger partial charge < -0.3 is 4.74 Å². The number of amides is 1. The summed E-state index contributed by atoms with van der Waals surface area (Å²) in [6.45, 7) is 10.5. The summed E-state index contributed by atoms with van der Waals surface area (Å²) in [4.78, 5) is 24.9. The number of esters is 1. The quantitative estimate of drug-likeness (QED) is 0.491. The van der Waals surface area contributed by atoms with Crippen molar-refractivity contribution >= 4 is 11.9 Å². The molecule has 5 nitrogen and oxygen atoms in total. The highest BCUT2D eigenvalue weighted by molar-refractivity contribution is 5.85. The van der Waals surface area contributed by atoms with E-state index in [1.54, 1.807) is 41.5 Å². The van der Waals surface area contributed by atoms with E-state index in [9.17, 15) is 14.8 Å². The van der Waals surface area contributed by atoms with Gasteiger partial charge >= 0.3 is 5.97 Å². The number of hydrogen-bond acceptors (Lipinski definition) is 4. The Balaban J connectivity index is 2.83. The van der Waals surface area contributed by atoms with Crippen LogP contribution < -0.4 is 0 Å². The van der Waals surface area contributed by atoms with Gasteiger partial charge in [-0.05, 0) is 38.7 Å². The zero-order chi connectivity index (χ0) is 18.5. The largest absolute Gasteiger partial charge is 0.458 e. The smallest absolute Gasteiger partial charge is 0.332 e. The molecule has 1 rings (SSSR count). The van der Waals surface area contributed by atoms with Crippen molar-refractivity contribution in [2.24, 2.45) is 11.8 Å². The van der Waals surface area contributed by atoms with Crippen LogP contribution in [-0.2, 0) is 20.7 Å². The summed E-state index contributed by atoms with van der Waals surface area (Å²) in [5, 5.41) is 10.9. The first-order valence-corrected chi connectivity index (χ1v) is 8.31. The average molecular weight is 335 g/mol. The molecule has 0 aliphatic carbocycles. The van der Waals surface area contributed by atoms with Crippen molar-refractivity contribution in [1.29, 1.82) is 0 Å². The fourth-order valence-electron chi connectivity index (χ4n) is 2.43. The van der Waals surface area contributed by atoms with Crippen molar-refractivity contribution in [3.8, 4) is 0 Å². The maximum Gasteiger partial charge on any atom is 0.332 e. The van der Waals surface area contributed by atoms with Gasteiger partial charge in [0.25, 0.3) is 0 Å². The van der Waals surface area contributed by atoms with Gasteiger partial charge in [-0.3, -0.25) is 10.0 Å². The van der Waals surface area contributed by atoms with Crippen LogP contribution in [0.3, 0.4) is 0 Å². The van der Waals surface area contributed by atoms with E-state index in [4.69, 9.17) is 4.74 Å². The second-order valence-corrected chi connectivity index (χ2v) is 7.50. The number of benzene rings is 1. The Labute approximate surface area is 144 Å². The first-order chi connectivity index (χ1) is 11.0. The van der Waals surface area contributed by atoms with Crippen LogP contribution in [0.4, 0.5) is 0 Å². The van der Waals surface area contributed by atoms with Gasteiger partial charge in [0, 0.05) is 5.92 Å². The lowest BCUT2D eigenvalue weighted by Crippen LogP contribution is -2.50. The minimum absolute atomic E-state index is 0.266. The number of hydroxylamine groups is 2. The van der Waals surface area contributed by atoms with Crippen molar-refractivity contribution < 1.29 is 19.5 Å². The predicted molar refractivity (Wildman–Crippen MR) is 92.4 cm³/mol. The number of nitrogens with zero attached hydrogens (tertiary/aromatic N) is 1. The molecule has 1 aromatic carbocycles. The van der Waals surface area contributed by atoms with Crippen molar-refractivity contribution in [3.63, 3.8) is 0 Å². The Morgan fingerprint density at radius 1 is 1.12 bits per heavy atom. The average Bonchev–Trinajstić information content (AvgIpc) is 2.45. The second-order valence-electron chi connectivity index (χ2n) is 7.50. The Morgan fingerprint density at radius 2 is 1.67 bits per heavy atom. The lowest BCUT2D eigenvalue weighted by atomic mass is 9.98. The molecule has 0 saturated carbocycles. The highest BCUT2D eigenvalue weighted by Crippen LogP contribution is 2.19. The van der Waals surface area contributed by atoms with Gasteiger partial charge in [0.05, 0.1) is 0 Å². The fourth-order valence-corrected chi connectivity index (χ4v) is 2.43. The van der Waals surface area contributed by atoms with Crippen LogP contribution in [0.1, 0.15) is 47.1 Å². The van der Waals surface area contributed by atoms with Crippen LogP contribution in [0.25, 0.3) is 0 Å². The van der Waals surface area contributed by atoms with E-state index < -0.39 is 29.4 Å². The van der Waals surface area contributed by atoms with Gasteiger partial charge in [-0.15, -0.1) is 0 Å². The van der Waals surface area contributed by atoms with Crippen LogP contribution in [0.5, 0.6) is 0 Å². The molecule has 0 fully saturated rings. The number of rotatable bonds is 6. The lowest BCUT2D eigenvalue weighted by molar-refractivity contribution is -0.200. The topological polar surface area (TPSA) is 66.8 Å². The maximum absolute atomic E-state index is 12.5. The third-order valence-corrected chi connectivity index (χ3v) is 3.58. The Morgan fingerprint density at radius 3 is 2.12 bits per heavy atom. The highest BCUT2D eigenvalue weighted by atomic mass is 16.6. The lowest BCUT2D eigenvalue weighted by Gasteiger charge is -2.31. The van der Waals surface area contributed by atoms with E-state index in [1.807, 2.05) is 30.3 Å². The normalized spacial score (nSPS) is 14.2. The van der Waals surface area contributed by atoms with Crippen LogP contribution in [-0.4, -0.2) is 33.8 Å². The second kappa shape index (κ2) is 8.29. The molecule has 0 radical (unpaired) electrons. The summed E-state index contributed by atoms with van der Waals surface area (Å²) < 4.78 is 5.34. The van der Waals surface area contributed by atoms with Gasteiger partial charge in [-0.1, -0.05) is 51.1 Å². The predicted octanol–water partition coefficient (Wildman–Crippen LogP) is 3.45. The van der Waals surface area contributed by atoms with E-state index in [0.29, 0.717) is 11.5 Å². The fraction of sp³-hybridized carbons (Fsp3) is 0.579. The van der Waals surface area contributed by atoms with Crippen LogP contribution >= 0.6 is 0 Å². The van der Waals surface area contributed by atoms with Crippen molar-refractivity contribution in [3.05, 3.63) is 35.9 Å². The highest BCUT2D eigenvalue weighted by Gasteiger charge is 2.36. The third kappa shape index (κ3) is 5.96. The molecular formula is C19H29NO4. The van der Waals surface area contributed by atoms with Crippen molar-refractivity contribution in [2.75, 3.05) is 0 Å². The molecule has 0 aromatic heterocycles.